The van der Waals surface area contributed by atoms with Crippen molar-refractivity contribution in [2.24, 2.45) is 0 Å². The van der Waals surface area contributed by atoms with E-state index in [0.717, 1.165) is 36.8 Å². The van der Waals surface area contributed by atoms with Gasteiger partial charge in [0.25, 0.3) is 0 Å². The van der Waals surface area contributed by atoms with Gasteiger partial charge in [0.1, 0.15) is 5.76 Å². The van der Waals surface area contributed by atoms with E-state index in [9.17, 15) is 9.36 Å². The van der Waals surface area contributed by atoms with Crippen LogP contribution in [0.1, 0.15) is 52.4 Å². The van der Waals surface area contributed by atoms with Crippen LogP contribution in [0.5, 0.6) is 0 Å². The number of carbonyl (C=O) groups is 1. The third-order valence-corrected chi connectivity index (χ3v) is 5.15. The first-order chi connectivity index (χ1) is 10.1. The second kappa shape index (κ2) is 7.39. The fourth-order valence-corrected chi connectivity index (χ4v) is 4.01. The highest BCUT2D eigenvalue weighted by molar-refractivity contribution is 7.48. The molecule has 0 radical (unpaired) electrons. The minimum atomic E-state index is -3.54. The van der Waals surface area contributed by atoms with Gasteiger partial charge >= 0.3 is 7.82 Å². The maximum atomic E-state index is 12.5. The van der Waals surface area contributed by atoms with Crippen molar-refractivity contribution in [1.82, 2.24) is 0 Å². The summed E-state index contributed by atoms with van der Waals surface area (Å²) >= 11 is 0. The molecule has 0 saturated heterocycles. The second-order valence-electron chi connectivity index (χ2n) is 5.12. The minimum Gasteiger partial charge on any atom is -0.408 e. The highest BCUT2D eigenvalue weighted by Gasteiger charge is 2.32. The first-order valence-corrected chi connectivity index (χ1v) is 9.08. The summed E-state index contributed by atoms with van der Waals surface area (Å²) in [5.74, 6) is 0.828. The third-order valence-electron chi connectivity index (χ3n) is 3.56. The van der Waals surface area contributed by atoms with Gasteiger partial charge < -0.3 is 4.52 Å². The summed E-state index contributed by atoms with van der Waals surface area (Å²) in [5.41, 5.74) is 2.04. The summed E-state index contributed by atoms with van der Waals surface area (Å²) < 4.78 is 28.5. The summed E-state index contributed by atoms with van der Waals surface area (Å²) in [5, 5.41) is 0. The van der Waals surface area contributed by atoms with E-state index in [4.69, 9.17) is 13.6 Å². The molecule has 0 aromatic carbocycles. The summed E-state index contributed by atoms with van der Waals surface area (Å²) in [6.07, 6.45) is 6.58. The van der Waals surface area contributed by atoms with Crippen molar-refractivity contribution in [3.63, 3.8) is 0 Å². The number of ketones is 1. The van der Waals surface area contributed by atoms with Gasteiger partial charge in [-0.05, 0) is 56.8 Å². The lowest BCUT2D eigenvalue weighted by Gasteiger charge is -2.20. The van der Waals surface area contributed by atoms with E-state index < -0.39 is 7.82 Å². The summed E-state index contributed by atoms with van der Waals surface area (Å²) in [4.78, 5) is 11.6. The van der Waals surface area contributed by atoms with E-state index in [1.54, 1.807) is 19.9 Å². The van der Waals surface area contributed by atoms with Crippen LogP contribution in [0, 0.1) is 0 Å². The Bertz CT molecular complexity index is 496. The molecule has 0 N–H and O–H groups in total. The number of hydrogen-bond acceptors (Lipinski definition) is 5. The molecule has 0 atom stereocenters. The number of carbonyl (C=O) groups excluding carboxylic acids is 1. The van der Waals surface area contributed by atoms with Gasteiger partial charge in [0.2, 0.25) is 0 Å². The van der Waals surface area contributed by atoms with E-state index in [1.165, 1.54) is 0 Å². The molecular formula is C15H23O5P. The lowest BCUT2D eigenvalue weighted by Crippen LogP contribution is -2.06. The molecule has 2 aliphatic rings. The molecule has 0 heterocycles. The molecule has 0 amide bonds. The first kappa shape index (κ1) is 16.5. The number of rotatable bonds is 7. The van der Waals surface area contributed by atoms with Crippen LogP contribution in [0.2, 0.25) is 0 Å². The zero-order valence-electron chi connectivity index (χ0n) is 12.7. The van der Waals surface area contributed by atoms with Gasteiger partial charge in [-0.25, -0.2) is 4.57 Å². The molecule has 21 heavy (non-hydrogen) atoms. The Hall–Kier alpha value is -0.900. The van der Waals surface area contributed by atoms with Gasteiger partial charge in [0, 0.05) is 12.8 Å². The van der Waals surface area contributed by atoms with Crippen molar-refractivity contribution in [2.45, 2.75) is 52.4 Å². The van der Waals surface area contributed by atoms with Gasteiger partial charge in [-0.15, -0.1) is 0 Å². The smallest absolute Gasteiger partial charge is 0.408 e. The van der Waals surface area contributed by atoms with E-state index >= 15 is 0 Å². The molecule has 0 spiro atoms. The van der Waals surface area contributed by atoms with Gasteiger partial charge in [0.05, 0.1) is 13.2 Å². The zero-order chi connectivity index (χ0) is 15.3. The highest BCUT2D eigenvalue weighted by Crippen LogP contribution is 2.54. The van der Waals surface area contributed by atoms with E-state index in [1.807, 2.05) is 0 Å². The summed E-state index contributed by atoms with van der Waals surface area (Å²) in [7, 11) is -3.54. The predicted octanol–water partition coefficient (Wildman–Crippen LogP) is 4.30. The van der Waals surface area contributed by atoms with Crippen LogP contribution in [-0.4, -0.2) is 19.0 Å². The summed E-state index contributed by atoms with van der Waals surface area (Å²) in [6, 6.07) is 0. The van der Waals surface area contributed by atoms with E-state index in [0.29, 0.717) is 18.6 Å². The van der Waals surface area contributed by atoms with Gasteiger partial charge in [-0.3, -0.25) is 13.8 Å². The molecule has 0 fully saturated rings. The lowest BCUT2D eigenvalue weighted by molar-refractivity contribution is -0.115. The Morgan fingerprint density at radius 1 is 1.05 bits per heavy atom. The highest BCUT2D eigenvalue weighted by atomic mass is 31.2. The molecule has 0 aliphatic heterocycles. The maximum absolute atomic E-state index is 12.5. The number of phosphoric ester groups is 1. The average molecular weight is 314 g/mol. The van der Waals surface area contributed by atoms with Crippen LogP contribution in [0.15, 0.2) is 23.0 Å². The monoisotopic (exact) mass is 314 g/mol. The fourth-order valence-electron chi connectivity index (χ4n) is 2.73. The van der Waals surface area contributed by atoms with Crippen molar-refractivity contribution in [2.75, 3.05) is 13.2 Å². The SMILES string of the molecule is CCOP(=O)(OCC)OC1=C(C2=CC(=O)CCC2)CCC1. The topological polar surface area (TPSA) is 61.8 Å². The van der Waals surface area contributed by atoms with Gasteiger partial charge in [-0.1, -0.05) is 0 Å². The lowest BCUT2D eigenvalue weighted by atomic mass is 9.92. The Balaban J connectivity index is 2.21. The molecule has 0 unspecified atom stereocenters. The second-order valence-corrected chi connectivity index (χ2v) is 6.71. The molecule has 2 aliphatic carbocycles. The van der Waals surface area contributed by atoms with Crippen LogP contribution in [0.4, 0.5) is 0 Å². The molecule has 0 aromatic rings. The number of allylic oxidation sites excluding steroid dienone is 4. The number of hydrogen-bond donors (Lipinski definition) is 0. The molecular weight excluding hydrogens is 291 g/mol. The molecule has 6 heteroatoms. The largest absolute Gasteiger partial charge is 0.529 e. The van der Waals surface area contributed by atoms with Crippen LogP contribution in [0.25, 0.3) is 0 Å². The van der Waals surface area contributed by atoms with Crippen LogP contribution >= 0.6 is 7.82 Å². The van der Waals surface area contributed by atoms with Crippen molar-refractivity contribution in [3.05, 3.63) is 23.0 Å². The van der Waals surface area contributed by atoms with E-state index in [2.05, 4.69) is 0 Å². The Kier molecular flexibility index (Phi) is 5.80. The molecule has 0 bridgehead atoms. The quantitative estimate of drug-likeness (QED) is 0.656. The Morgan fingerprint density at radius 3 is 2.33 bits per heavy atom. The predicted molar refractivity (Wildman–Crippen MR) is 79.8 cm³/mol. The van der Waals surface area contributed by atoms with E-state index in [-0.39, 0.29) is 19.0 Å². The Labute approximate surface area is 126 Å². The minimum absolute atomic E-state index is 0.160. The molecule has 118 valence electrons. The fraction of sp³-hybridized carbons (Fsp3) is 0.667. The van der Waals surface area contributed by atoms with Crippen LogP contribution in [0.3, 0.4) is 0 Å². The van der Waals surface area contributed by atoms with Gasteiger partial charge in [0.15, 0.2) is 5.78 Å². The molecule has 2 rings (SSSR count). The zero-order valence-corrected chi connectivity index (χ0v) is 13.6. The van der Waals surface area contributed by atoms with Crippen LogP contribution < -0.4 is 0 Å². The third kappa shape index (κ3) is 4.29. The normalized spacial score (nSPS) is 19.9. The summed E-state index contributed by atoms with van der Waals surface area (Å²) in [6.45, 7) is 4.03. The van der Waals surface area contributed by atoms with Crippen molar-refractivity contribution < 1.29 is 22.9 Å². The molecule has 0 aromatic heterocycles. The molecule has 5 nitrogen and oxygen atoms in total. The Morgan fingerprint density at radius 2 is 1.71 bits per heavy atom. The number of phosphoric acid groups is 1. The van der Waals surface area contributed by atoms with Crippen molar-refractivity contribution in [1.29, 1.82) is 0 Å². The standard InChI is InChI=1S/C15H23O5P/c1-3-18-21(17,19-4-2)20-15-10-6-9-14(15)12-7-5-8-13(16)11-12/h11H,3-10H2,1-2H3. The maximum Gasteiger partial charge on any atom is 0.529 e. The molecule has 0 saturated carbocycles. The average Bonchev–Trinajstić information content (AvgIpc) is 2.87. The first-order valence-electron chi connectivity index (χ1n) is 7.62. The van der Waals surface area contributed by atoms with Gasteiger partial charge in [-0.2, -0.15) is 0 Å². The van der Waals surface area contributed by atoms with Crippen LogP contribution in [-0.2, 0) is 22.9 Å². The van der Waals surface area contributed by atoms with Crippen molar-refractivity contribution in [3.8, 4) is 0 Å². The van der Waals surface area contributed by atoms with Crippen molar-refractivity contribution >= 4 is 13.6 Å².